The van der Waals surface area contributed by atoms with Crippen LogP contribution in [0, 0.1) is 0 Å². The summed E-state index contributed by atoms with van der Waals surface area (Å²) in [5.41, 5.74) is 0.956. The van der Waals surface area contributed by atoms with E-state index in [1.807, 2.05) is 30.3 Å². The molecule has 0 atom stereocenters. The molecule has 0 aliphatic rings. The lowest BCUT2D eigenvalue weighted by Crippen LogP contribution is -2.28. The first kappa shape index (κ1) is 17.4. The van der Waals surface area contributed by atoms with E-state index in [1.54, 1.807) is 7.11 Å². The molecular weight excluding hydrogens is 274 g/mol. The number of amides is 1. The molecule has 1 aromatic carbocycles. The van der Waals surface area contributed by atoms with Crippen LogP contribution in [0.25, 0.3) is 0 Å². The van der Waals surface area contributed by atoms with Crippen LogP contribution in [-0.4, -0.2) is 52.8 Å². The van der Waals surface area contributed by atoms with E-state index < -0.39 is 6.09 Å². The second kappa shape index (κ2) is 12.1. The summed E-state index contributed by atoms with van der Waals surface area (Å²) >= 11 is 0. The van der Waals surface area contributed by atoms with Gasteiger partial charge in [-0.05, 0) is 5.56 Å². The minimum atomic E-state index is -0.446. The maximum Gasteiger partial charge on any atom is 0.407 e. The van der Waals surface area contributed by atoms with Crippen molar-refractivity contribution < 1.29 is 23.7 Å². The topological polar surface area (TPSA) is 66.0 Å². The van der Waals surface area contributed by atoms with E-state index in [2.05, 4.69) is 5.32 Å². The van der Waals surface area contributed by atoms with E-state index >= 15 is 0 Å². The van der Waals surface area contributed by atoms with Gasteiger partial charge in [-0.3, -0.25) is 0 Å². The van der Waals surface area contributed by atoms with Gasteiger partial charge in [0.2, 0.25) is 0 Å². The predicted molar refractivity (Wildman–Crippen MR) is 78.1 cm³/mol. The van der Waals surface area contributed by atoms with Crippen LogP contribution in [0.5, 0.6) is 0 Å². The summed E-state index contributed by atoms with van der Waals surface area (Å²) in [4.78, 5) is 11.4. The van der Waals surface area contributed by atoms with Gasteiger partial charge >= 0.3 is 6.09 Å². The van der Waals surface area contributed by atoms with Gasteiger partial charge in [0.15, 0.2) is 0 Å². The van der Waals surface area contributed by atoms with E-state index in [0.717, 1.165) is 5.56 Å². The Balaban J connectivity index is 1.89. The molecule has 0 aromatic heterocycles. The highest BCUT2D eigenvalue weighted by Gasteiger charge is 2.01. The summed E-state index contributed by atoms with van der Waals surface area (Å²) in [5, 5.41) is 2.62. The van der Waals surface area contributed by atoms with Crippen molar-refractivity contribution in [3.05, 3.63) is 35.9 Å². The molecular formula is C15H23NO5. The van der Waals surface area contributed by atoms with Crippen LogP contribution in [-0.2, 0) is 25.6 Å². The van der Waals surface area contributed by atoms with Crippen molar-refractivity contribution in [3.8, 4) is 0 Å². The Bertz CT molecular complexity index is 372. The van der Waals surface area contributed by atoms with Crippen molar-refractivity contribution in [1.29, 1.82) is 0 Å². The number of carbonyl (C=O) groups is 1. The van der Waals surface area contributed by atoms with E-state index in [0.29, 0.717) is 39.6 Å². The first-order valence-corrected chi connectivity index (χ1v) is 6.92. The van der Waals surface area contributed by atoms with Crippen LogP contribution >= 0.6 is 0 Å². The number of ether oxygens (including phenoxy) is 4. The number of benzene rings is 1. The highest BCUT2D eigenvalue weighted by atomic mass is 16.6. The zero-order valence-electron chi connectivity index (χ0n) is 12.4. The molecule has 0 fully saturated rings. The third-order valence-corrected chi connectivity index (χ3v) is 2.53. The minimum absolute atomic E-state index is 0.265. The molecule has 0 unspecified atom stereocenters. The van der Waals surface area contributed by atoms with Crippen LogP contribution in [0.3, 0.4) is 0 Å². The lowest BCUT2D eigenvalue weighted by atomic mass is 10.2. The SMILES string of the molecule is COCCOCCOCCNC(=O)OCc1ccccc1. The van der Waals surface area contributed by atoms with E-state index in [4.69, 9.17) is 18.9 Å². The largest absolute Gasteiger partial charge is 0.445 e. The standard InChI is InChI=1S/C15H23NO5/c1-18-9-10-20-12-11-19-8-7-16-15(17)21-13-14-5-3-2-4-6-14/h2-6H,7-13H2,1H3,(H,16,17). The summed E-state index contributed by atoms with van der Waals surface area (Å²) in [6.45, 7) is 3.24. The quantitative estimate of drug-likeness (QED) is 0.628. The highest BCUT2D eigenvalue weighted by Crippen LogP contribution is 2.00. The van der Waals surface area contributed by atoms with Crippen LogP contribution in [0.4, 0.5) is 4.79 Å². The molecule has 6 nitrogen and oxygen atoms in total. The normalized spacial score (nSPS) is 10.3. The second-order valence-electron chi connectivity index (χ2n) is 4.21. The van der Waals surface area contributed by atoms with E-state index in [-0.39, 0.29) is 6.61 Å². The Morgan fingerprint density at radius 1 is 1.00 bits per heavy atom. The third-order valence-electron chi connectivity index (χ3n) is 2.53. The molecule has 118 valence electrons. The third kappa shape index (κ3) is 9.84. The van der Waals surface area contributed by atoms with Crippen LogP contribution in [0.15, 0.2) is 30.3 Å². The van der Waals surface area contributed by atoms with Crippen molar-refractivity contribution >= 4 is 6.09 Å². The van der Waals surface area contributed by atoms with Gasteiger partial charge in [-0.2, -0.15) is 0 Å². The van der Waals surface area contributed by atoms with Gasteiger partial charge in [-0.15, -0.1) is 0 Å². The van der Waals surface area contributed by atoms with Crippen molar-refractivity contribution in [2.45, 2.75) is 6.61 Å². The van der Waals surface area contributed by atoms with Gasteiger partial charge in [0.1, 0.15) is 6.61 Å². The van der Waals surface area contributed by atoms with Crippen LogP contribution in [0.2, 0.25) is 0 Å². The van der Waals surface area contributed by atoms with E-state index in [9.17, 15) is 4.79 Å². The number of nitrogens with one attached hydrogen (secondary N) is 1. The fourth-order valence-corrected chi connectivity index (χ4v) is 1.46. The zero-order chi connectivity index (χ0) is 15.2. The molecule has 0 radical (unpaired) electrons. The van der Waals surface area contributed by atoms with Crippen molar-refractivity contribution in [2.24, 2.45) is 0 Å². The predicted octanol–water partition coefficient (Wildman–Crippen LogP) is 1.59. The molecule has 1 amide bonds. The molecule has 1 rings (SSSR count). The molecule has 0 aliphatic carbocycles. The minimum Gasteiger partial charge on any atom is -0.445 e. The molecule has 6 heteroatoms. The average Bonchev–Trinajstić information content (AvgIpc) is 2.52. The van der Waals surface area contributed by atoms with Gasteiger partial charge in [0, 0.05) is 13.7 Å². The smallest absolute Gasteiger partial charge is 0.407 e. The Kier molecular flexibility index (Phi) is 10.1. The van der Waals surface area contributed by atoms with Crippen molar-refractivity contribution in [3.63, 3.8) is 0 Å². The molecule has 0 aliphatic heterocycles. The monoisotopic (exact) mass is 297 g/mol. The van der Waals surface area contributed by atoms with E-state index in [1.165, 1.54) is 0 Å². The lowest BCUT2D eigenvalue weighted by Gasteiger charge is -2.08. The number of hydrogen-bond acceptors (Lipinski definition) is 5. The zero-order valence-corrected chi connectivity index (χ0v) is 12.4. The van der Waals surface area contributed by atoms with Crippen LogP contribution < -0.4 is 5.32 Å². The van der Waals surface area contributed by atoms with Gasteiger partial charge < -0.3 is 24.3 Å². The Morgan fingerprint density at radius 3 is 2.38 bits per heavy atom. The number of alkyl carbamates (subject to hydrolysis) is 1. The first-order chi connectivity index (χ1) is 10.3. The Morgan fingerprint density at radius 2 is 1.67 bits per heavy atom. The van der Waals surface area contributed by atoms with Gasteiger partial charge in [-0.1, -0.05) is 30.3 Å². The maximum absolute atomic E-state index is 11.4. The van der Waals surface area contributed by atoms with Crippen molar-refractivity contribution in [2.75, 3.05) is 46.7 Å². The fourth-order valence-electron chi connectivity index (χ4n) is 1.46. The van der Waals surface area contributed by atoms with Gasteiger partial charge in [0.25, 0.3) is 0 Å². The average molecular weight is 297 g/mol. The second-order valence-corrected chi connectivity index (χ2v) is 4.21. The Labute approximate surface area is 125 Å². The molecule has 0 saturated carbocycles. The molecule has 0 spiro atoms. The number of rotatable bonds is 11. The Hall–Kier alpha value is -1.63. The number of methoxy groups -OCH3 is 1. The molecule has 0 bridgehead atoms. The maximum atomic E-state index is 11.4. The highest BCUT2D eigenvalue weighted by molar-refractivity contribution is 5.67. The molecule has 1 aromatic rings. The molecule has 21 heavy (non-hydrogen) atoms. The fraction of sp³-hybridized carbons (Fsp3) is 0.533. The van der Waals surface area contributed by atoms with Gasteiger partial charge in [0.05, 0.1) is 33.0 Å². The molecule has 0 saturated heterocycles. The summed E-state index contributed by atoms with van der Waals surface area (Å²) in [7, 11) is 1.63. The van der Waals surface area contributed by atoms with Gasteiger partial charge in [-0.25, -0.2) is 4.79 Å². The summed E-state index contributed by atoms with van der Waals surface area (Å²) < 4.78 is 20.4. The summed E-state index contributed by atoms with van der Waals surface area (Å²) in [6, 6.07) is 9.53. The number of carbonyl (C=O) groups excluding carboxylic acids is 1. The van der Waals surface area contributed by atoms with Crippen LogP contribution in [0.1, 0.15) is 5.56 Å². The first-order valence-electron chi connectivity index (χ1n) is 6.92. The molecule has 0 heterocycles. The summed E-state index contributed by atoms with van der Waals surface area (Å²) in [5.74, 6) is 0. The van der Waals surface area contributed by atoms with Crippen molar-refractivity contribution in [1.82, 2.24) is 5.32 Å². The lowest BCUT2D eigenvalue weighted by molar-refractivity contribution is 0.0254. The summed E-state index contributed by atoms with van der Waals surface area (Å²) in [6.07, 6.45) is -0.446. The molecule has 1 N–H and O–H groups in total. The number of hydrogen-bond donors (Lipinski definition) is 1.